The van der Waals surface area contributed by atoms with Crippen molar-refractivity contribution in [2.24, 2.45) is 5.92 Å². The zero-order chi connectivity index (χ0) is 10.9. The van der Waals surface area contributed by atoms with Gasteiger partial charge in [0.2, 0.25) is 5.91 Å². The van der Waals surface area contributed by atoms with Crippen molar-refractivity contribution in [2.75, 3.05) is 14.2 Å². The zero-order valence-corrected chi connectivity index (χ0v) is 8.44. The summed E-state index contributed by atoms with van der Waals surface area (Å²) in [4.78, 5) is 34.7. The number of β-lactam (4-membered cyclic amide) rings is 1. The minimum Gasteiger partial charge on any atom is -0.469 e. The molecule has 1 fully saturated rings. The summed E-state index contributed by atoms with van der Waals surface area (Å²) < 4.78 is 4.48. The maximum atomic E-state index is 11.2. The number of hydrogen-bond acceptors (Lipinski definition) is 4. The molecule has 0 aromatic heterocycles. The molecule has 0 saturated carbocycles. The van der Waals surface area contributed by atoms with Crippen molar-refractivity contribution in [1.82, 2.24) is 4.90 Å². The van der Waals surface area contributed by atoms with Crippen molar-refractivity contribution in [2.45, 2.75) is 19.4 Å². The molecular weight excluding hydrogens is 186 g/mol. The summed E-state index contributed by atoms with van der Waals surface area (Å²) in [5, 5.41) is 0. The summed E-state index contributed by atoms with van der Waals surface area (Å²) >= 11 is 0. The fourth-order valence-corrected chi connectivity index (χ4v) is 1.64. The van der Waals surface area contributed by atoms with Gasteiger partial charge in [-0.1, -0.05) is 0 Å². The number of nitrogens with zero attached hydrogens (tertiary/aromatic N) is 1. The second kappa shape index (κ2) is 3.77. The van der Waals surface area contributed by atoms with Gasteiger partial charge >= 0.3 is 5.97 Å². The zero-order valence-electron chi connectivity index (χ0n) is 8.44. The monoisotopic (exact) mass is 199 g/mol. The summed E-state index contributed by atoms with van der Waals surface area (Å²) in [5.41, 5.74) is 0. The average Bonchev–Trinajstić information content (AvgIpc) is 2.15. The van der Waals surface area contributed by atoms with E-state index in [1.54, 1.807) is 7.05 Å². The summed E-state index contributed by atoms with van der Waals surface area (Å²) in [7, 11) is 2.86. The molecule has 0 spiro atoms. The van der Waals surface area contributed by atoms with Crippen molar-refractivity contribution in [3.05, 3.63) is 0 Å². The highest BCUT2D eigenvalue weighted by molar-refractivity contribution is 6.06. The molecule has 1 rings (SSSR count). The van der Waals surface area contributed by atoms with Gasteiger partial charge in [-0.25, -0.2) is 0 Å². The lowest BCUT2D eigenvalue weighted by atomic mass is 9.83. The third-order valence-corrected chi connectivity index (χ3v) is 2.54. The number of esters is 1. The van der Waals surface area contributed by atoms with Crippen molar-refractivity contribution >= 4 is 17.7 Å². The van der Waals surface area contributed by atoms with Gasteiger partial charge in [0.25, 0.3) is 0 Å². The smallest absolute Gasteiger partial charge is 0.307 e. The quantitative estimate of drug-likeness (QED) is 0.352. The van der Waals surface area contributed by atoms with Crippen LogP contribution < -0.4 is 0 Å². The van der Waals surface area contributed by atoms with Crippen LogP contribution in [0.25, 0.3) is 0 Å². The first kappa shape index (κ1) is 10.7. The molecule has 0 aromatic rings. The van der Waals surface area contributed by atoms with Crippen LogP contribution in [0.2, 0.25) is 0 Å². The topological polar surface area (TPSA) is 63.7 Å². The Balaban J connectivity index is 2.64. The number of rotatable bonds is 3. The number of carbonyl (C=O) groups is 3. The van der Waals surface area contributed by atoms with Gasteiger partial charge in [-0.2, -0.15) is 0 Å². The second-order valence-electron chi connectivity index (χ2n) is 3.39. The van der Waals surface area contributed by atoms with E-state index in [9.17, 15) is 14.4 Å². The molecule has 2 atom stereocenters. The number of likely N-dealkylation sites (tertiary alicyclic amines) is 1. The average molecular weight is 199 g/mol. The molecule has 1 saturated heterocycles. The van der Waals surface area contributed by atoms with Crippen molar-refractivity contribution in [1.29, 1.82) is 0 Å². The molecule has 0 unspecified atom stereocenters. The first-order chi connectivity index (χ1) is 6.49. The van der Waals surface area contributed by atoms with E-state index in [1.165, 1.54) is 18.9 Å². The number of carbonyl (C=O) groups excluding carboxylic acids is 3. The van der Waals surface area contributed by atoms with Gasteiger partial charge in [-0.3, -0.25) is 14.4 Å². The lowest BCUT2D eigenvalue weighted by Crippen LogP contribution is -2.61. The number of ether oxygens (including phenoxy) is 1. The highest BCUT2D eigenvalue weighted by atomic mass is 16.5. The fourth-order valence-electron chi connectivity index (χ4n) is 1.64. The van der Waals surface area contributed by atoms with Crippen molar-refractivity contribution in [3.63, 3.8) is 0 Å². The fraction of sp³-hybridized carbons (Fsp3) is 0.667. The molecule has 1 amide bonds. The molecule has 0 N–H and O–H groups in total. The lowest BCUT2D eigenvalue weighted by molar-refractivity contribution is -0.161. The number of methoxy groups -OCH3 is 1. The second-order valence-corrected chi connectivity index (χ2v) is 3.39. The van der Waals surface area contributed by atoms with Crippen LogP contribution in [0.3, 0.4) is 0 Å². The normalized spacial score (nSPS) is 25.6. The van der Waals surface area contributed by atoms with Crippen LogP contribution in [0.15, 0.2) is 0 Å². The molecule has 5 heteroatoms. The Kier molecular flexibility index (Phi) is 2.88. The maximum absolute atomic E-state index is 11.2. The van der Waals surface area contributed by atoms with E-state index in [2.05, 4.69) is 4.74 Å². The number of amides is 1. The molecule has 0 aromatic carbocycles. The Labute approximate surface area is 82.0 Å². The van der Waals surface area contributed by atoms with Crippen LogP contribution in [0.5, 0.6) is 0 Å². The number of hydrogen-bond donors (Lipinski definition) is 0. The molecule has 78 valence electrons. The van der Waals surface area contributed by atoms with E-state index in [0.717, 1.165) is 0 Å². The molecule has 5 nitrogen and oxygen atoms in total. The molecule has 1 aliphatic rings. The predicted molar refractivity (Wildman–Crippen MR) is 47.4 cm³/mol. The highest BCUT2D eigenvalue weighted by Crippen LogP contribution is 2.28. The largest absolute Gasteiger partial charge is 0.469 e. The van der Waals surface area contributed by atoms with Crippen molar-refractivity contribution in [3.8, 4) is 0 Å². The minimum absolute atomic E-state index is 0.0863. The van der Waals surface area contributed by atoms with Gasteiger partial charge in [-0.15, -0.1) is 0 Å². The molecule has 0 aliphatic carbocycles. The van der Waals surface area contributed by atoms with Gasteiger partial charge < -0.3 is 9.64 Å². The SMILES string of the molecule is COC(=O)C[C@H]1[C@H](C(C)=O)C(=O)N1C. The van der Waals surface area contributed by atoms with Crippen LogP contribution in [0, 0.1) is 5.92 Å². The van der Waals surface area contributed by atoms with Crippen LogP contribution in [0.4, 0.5) is 0 Å². The van der Waals surface area contributed by atoms with Crippen LogP contribution >= 0.6 is 0 Å². The van der Waals surface area contributed by atoms with E-state index < -0.39 is 11.9 Å². The number of Topliss-reactive ketones (excluding diaryl/α,β-unsaturated/α-hetero) is 1. The molecule has 1 heterocycles. The lowest BCUT2D eigenvalue weighted by Gasteiger charge is -2.43. The standard InChI is InChI=1S/C9H13NO4/c1-5(11)8-6(4-7(12)14-3)10(2)9(8)13/h6,8H,4H2,1-3H3/t6-,8-/m0/s1. The molecule has 1 aliphatic heterocycles. The maximum Gasteiger partial charge on any atom is 0.307 e. The Hall–Kier alpha value is -1.39. The summed E-state index contributed by atoms with van der Waals surface area (Å²) in [6.07, 6.45) is 0.0863. The minimum atomic E-state index is -0.654. The first-order valence-corrected chi connectivity index (χ1v) is 4.33. The van der Waals surface area contributed by atoms with Crippen LogP contribution in [0.1, 0.15) is 13.3 Å². The third kappa shape index (κ3) is 1.62. The van der Waals surface area contributed by atoms with E-state index in [0.29, 0.717) is 0 Å². The molecular formula is C9H13NO4. The summed E-state index contributed by atoms with van der Waals surface area (Å²) in [5.74, 6) is -1.46. The van der Waals surface area contributed by atoms with Gasteiger partial charge in [0.15, 0.2) is 0 Å². The molecule has 0 radical (unpaired) electrons. The van der Waals surface area contributed by atoms with E-state index in [1.807, 2.05) is 0 Å². The van der Waals surface area contributed by atoms with Crippen molar-refractivity contribution < 1.29 is 19.1 Å². The highest BCUT2D eigenvalue weighted by Gasteiger charge is 2.48. The van der Waals surface area contributed by atoms with Gasteiger partial charge in [0, 0.05) is 7.05 Å². The first-order valence-electron chi connectivity index (χ1n) is 4.33. The third-order valence-electron chi connectivity index (χ3n) is 2.54. The molecule has 0 bridgehead atoms. The van der Waals surface area contributed by atoms with E-state index >= 15 is 0 Å². The Morgan fingerprint density at radius 3 is 2.50 bits per heavy atom. The predicted octanol–water partition coefficient (Wildman–Crippen LogP) is -0.405. The molecule has 14 heavy (non-hydrogen) atoms. The van der Waals surface area contributed by atoms with Crippen LogP contribution in [-0.4, -0.2) is 42.8 Å². The van der Waals surface area contributed by atoms with Crippen LogP contribution in [-0.2, 0) is 19.1 Å². The van der Waals surface area contributed by atoms with E-state index in [-0.39, 0.29) is 24.2 Å². The summed E-state index contributed by atoms with van der Waals surface area (Å²) in [6, 6.07) is -0.326. The van der Waals surface area contributed by atoms with Gasteiger partial charge in [0.1, 0.15) is 11.7 Å². The van der Waals surface area contributed by atoms with Gasteiger partial charge in [-0.05, 0) is 6.92 Å². The summed E-state index contributed by atoms with van der Waals surface area (Å²) in [6.45, 7) is 1.36. The van der Waals surface area contributed by atoms with Gasteiger partial charge in [0.05, 0.1) is 19.6 Å². The number of ketones is 1. The Bertz CT molecular complexity index is 287. The Morgan fingerprint density at radius 1 is 1.50 bits per heavy atom. The van der Waals surface area contributed by atoms with E-state index in [4.69, 9.17) is 0 Å². The Morgan fingerprint density at radius 2 is 2.07 bits per heavy atom.